The van der Waals surface area contributed by atoms with Crippen LogP contribution >= 0.6 is 0 Å². The van der Waals surface area contributed by atoms with E-state index in [-0.39, 0.29) is 42.0 Å². The zero-order valence-corrected chi connectivity index (χ0v) is 16.9. The second-order valence-electron chi connectivity index (χ2n) is 6.90. The smallest absolute Gasteiger partial charge is 0.227 e. The van der Waals surface area contributed by atoms with E-state index in [1.165, 1.54) is 20.3 Å². The molecule has 0 radical (unpaired) electrons. The van der Waals surface area contributed by atoms with E-state index >= 15 is 0 Å². The Labute approximate surface area is 173 Å². The van der Waals surface area contributed by atoms with Crippen molar-refractivity contribution in [3.8, 4) is 17.2 Å². The first-order valence-corrected chi connectivity index (χ1v) is 9.51. The third-order valence-electron chi connectivity index (χ3n) is 4.95. The van der Waals surface area contributed by atoms with Crippen molar-refractivity contribution < 1.29 is 33.6 Å². The van der Waals surface area contributed by atoms with Crippen molar-refractivity contribution >= 4 is 5.91 Å². The SMILES string of the molecule is COCc1cc(=O)c(O)c([C@H](CC(=O)N2CCOCC2)c2ccc(O)c(OC)c2)o1. The number of aromatic hydroxyl groups is 2. The second kappa shape index (κ2) is 9.64. The van der Waals surface area contributed by atoms with E-state index in [2.05, 4.69) is 0 Å². The molecule has 0 aliphatic carbocycles. The maximum atomic E-state index is 12.9. The fourth-order valence-electron chi connectivity index (χ4n) is 3.39. The average molecular weight is 419 g/mol. The molecule has 3 rings (SSSR count). The number of hydrogen-bond donors (Lipinski definition) is 2. The molecule has 2 aromatic rings. The lowest BCUT2D eigenvalue weighted by Crippen LogP contribution is -2.41. The van der Waals surface area contributed by atoms with Crippen molar-refractivity contribution in [3.05, 3.63) is 51.6 Å². The number of amides is 1. The van der Waals surface area contributed by atoms with Crippen LogP contribution < -0.4 is 10.2 Å². The van der Waals surface area contributed by atoms with E-state index in [0.29, 0.717) is 31.9 Å². The van der Waals surface area contributed by atoms with Gasteiger partial charge in [-0.05, 0) is 17.7 Å². The van der Waals surface area contributed by atoms with Crippen molar-refractivity contribution in [1.82, 2.24) is 4.90 Å². The number of nitrogens with zero attached hydrogens (tertiary/aromatic N) is 1. The Balaban J connectivity index is 2.05. The lowest BCUT2D eigenvalue weighted by atomic mass is 9.91. The lowest BCUT2D eigenvalue weighted by Gasteiger charge is -2.28. The molecule has 1 aromatic carbocycles. The van der Waals surface area contributed by atoms with Crippen LogP contribution in [0.3, 0.4) is 0 Å². The Morgan fingerprint density at radius 3 is 2.60 bits per heavy atom. The molecule has 1 saturated heterocycles. The molecule has 9 nitrogen and oxygen atoms in total. The number of rotatable bonds is 7. The average Bonchev–Trinajstić information content (AvgIpc) is 2.76. The molecule has 1 amide bonds. The van der Waals surface area contributed by atoms with Crippen LogP contribution in [0.1, 0.15) is 29.4 Å². The van der Waals surface area contributed by atoms with Gasteiger partial charge in [-0.25, -0.2) is 0 Å². The summed E-state index contributed by atoms with van der Waals surface area (Å²) in [5.74, 6) is -1.20. The molecule has 2 heterocycles. The predicted octanol–water partition coefficient (Wildman–Crippen LogP) is 1.59. The van der Waals surface area contributed by atoms with Gasteiger partial charge in [0.15, 0.2) is 17.3 Å². The normalized spacial score (nSPS) is 15.1. The predicted molar refractivity (Wildman–Crippen MR) is 106 cm³/mol. The molecule has 162 valence electrons. The highest BCUT2D eigenvalue weighted by atomic mass is 16.5. The lowest BCUT2D eigenvalue weighted by molar-refractivity contribution is -0.135. The molecule has 0 saturated carbocycles. The number of ether oxygens (including phenoxy) is 3. The summed E-state index contributed by atoms with van der Waals surface area (Å²) in [6.45, 7) is 1.86. The first-order valence-electron chi connectivity index (χ1n) is 9.51. The number of methoxy groups -OCH3 is 2. The minimum absolute atomic E-state index is 0.0333. The van der Waals surface area contributed by atoms with Gasteiger partial charge in [-0.2, -0.15) is 0 Å². The largest absolute Gasteiger partial charge is 0.504 e. The van der Waals surface area contributed by atoms with Crippen LogP contribution in [0.25, 0.3) is 0 Å². The van der Waals surface area contributed by atoms with Crippen LogP contribution in [0.4, 0.5) is 0 Å². The molecule has 0 spiro atoms. The Bertz CT molecular complexity index is 949. The molecule has 2 N–H and O–H groups in total. The molecule has 0 bridgehead atoms. The number of morpholine rings is 1. The molecule has 1 aliphatic heterocycles. The molecular weight excluding hydrogens is 394 g/mol. The van der Waals surface area contributed by atoms with Crippen LogP contribution in [0.15, 0.2) is 33.5 Å². The van der Waals surface area contributed by atoms with Crippen molar-refractivity contribution in [1.29, 1.82) is 0 Å². The van der Waals surface area contributed by atoms with E-state index in [1.54, 1.807) is 17.0 Å². The molecule has 1 atom stereocenters. The van der Waals surface area contributed by atoms with Gasteiger partial charge in [0.2, 0.25) is 17.1 Å². The van der Waals surface area contributed by atoms with Gasteiger partial charge in [-0.3, -0.25) is 9.59 Å². The summed E-state index contributed by atoms with van der Waals surface area (Å²) >= 11 is 0. The topological polar surface area (TPSA) is 119 Å². The Morgan fingerprint density at radius 1 is 1.20 bits per heavy atom. The highest BCUT2D eigenvalue weighted by Crippen LogP contribution is 2.37. The molecule has 9 heteroatoms. The van der Waals surface area contributed by atoms with Crippen molar-refractivity contribution in [3.63, 3.8) is 0 Å². The summed E-state index contributed by atoms with van der Waals surface area (Å²) in [7, 11) is 2.86. The number of phenolic OH excluding ortho intramolecular Hbond substituents is 1. The number of carbonyl (C=O) groups is 1. The number of hydrogen-bond acceptors (Lipinski definition) is 8. The van der Waals surface area contributed by atoms with Crippen LogP contribution in [0.2, 0.25) is 0 Å². The van der Waals surface area contributed by atoms with Crippen molar-refractivity contribution in [2.45, 2.75) is 18.9 Å². The minimum atomic E-state index is -0.778. The fourth-order valence-corrected chi connectivity index (χ4v) is 3.39. The molecule has 1 aliphatic rings. The standard InChI is InChI=1S/C21H25NO8/c1-27-12-14-10-17(24)20(26)21(30-14)15(11-19(25)22-5-7-29-8-6-22)13-3-4-16(23)18(9-13)28-2/h3-4,9-10,15,23,26H,5-8,11-12H2,1-2H3/t15-/m1/s1. The fraction of sp³-hybridized carbons (Fsp3) is 0.429. The van der Waals surface area contributed by atoms with Crippen LogP contribution in [-0.2, 0) is 20.9 Å². The van der Waals surface area contributed by atoms with E-state index in [0.717, 1.165) is 6.07 Å². The van der Waals surface area contributed by atoms with Gasteiger partial charge in [0.05, 0.1) is 26.2 Å². The zero-order chi connectivity index (χ0) is 21.7. The van der Waals surface area contributed by atoms with Crippen molar-refractivity contribution in [2.24, 2.45) is 0 Å². The monoisotopic (exact) mass is 419 g/mol. The first-order chi connectivity index (χ1) is 14.4. The Morgan fingerprint density at radius 2 is 1.93 bits per heavy atom. The van der Waals surface area contributed by atoms with E-state index < -0.39 is 17.1 Å². The highest BCUT2D eigenvalue weighted by molar-refractivity contribution is 5.78. The van der Waals surface area contributed by atoms with E-state index in [9.17, 15) is 19.8 Å². The summed E-state index contributed by atoms with van der Waals surface area (Å²) in [6.07, 6.45) is -0.0547. The number of carbonyl (C=O) groups excluding carboxylic acids is 1. The van der Waals surface area contributed by atoms with Crippen LogP contribution in [-0.4, -0.2) is 61.5 Å². The van der Waals surface area contributed by atoms with Gasteiger partial charge < -0.3 is 33.7 Å². The Hall–Kier alpha value is -3.04. The molecule has 1 fully saturated rings. The Kier molecular flexibility index (Phi) is 6.96. The quantitative estimate of drug-likeness (QED) is 0.695. The summed E-state index contributed by atoms with van der Waals surface area (Å²) < 4.78 is 21.3. The summed E-state index contributed by atoms with van der Waals surface area (Å²) in [6, 6.07) is 5.72. The number of benzene rings is 1. The summed E-state index contributed by atoms with van der Waals surface area (Å²) in [5.41, 5.74) is -0.0860. The molecule has 1 aromatic heterocycles. The maximum Gasteiger partial charge on any atom is 0.227 e. The molecular formula is C21H25NO8. The maximum absolute atomic E-state index is 12.9. The van der Waals surface area contributed by atoms with Gasteiger partial charge in [0, 0.05) is 32.7 Å². The first kappa shape index (κ1) is 21.7. The molecule has 30 heavy (non-hydrogen) atoms. The van der Waals surface area contributed by atoms with Gasteiger partial charge in [-0.1, -0.05) is 6.07 Å². The highest BCUT2D eigenvalue weighted by Gasteiger charge is 2.29. The number of phenols is 1. The second-order valence-corrected chi connectivity index (χ2v) is 6.90. The third-order valence-corrected chi connectivity index (χ3v) is 4.95. The van der Waals surface area contributed by atoms with Gasteiger partial charge in [0.1, 0.15) is 12.4 Å². The van der Waals surface area contributed by atoms with Gasteiger partial charge in [-0.15, -0.1) is 0 Å². The summed E-state index contributed by atoms with van der Waals surface area (Å²) in [5, 5.41) is 20.4. The van der Waals surface area contributed by atoms with E-state index in [4.69, 9.17) is 18.6 Å². The van der Waals surface area contributed by atoms with Gasteiger partial charge >= 0.3 is 0 Å². The van der Waals surface area contributed by atoms with Gasteiger partial charge in [0.25, 0.3) is 0 Å². The molecule has 0 unspecified atom stereocenters. The third kappa shape index (κ3) is 4.74. The van der Waals surface area contributed by atoms with Crippen molar-refractivity contribution in [2.75, 3.05) is 40.5 Å². The zero-order valence-electron chi connectivity index (χ0n) is 16.9. The van der Waals surface area contributed by atoms with E-state index in [1.807, 2.05) is 0 Å². The van der Waals surface area contributed by atoms with Crippen LogP contribution in [0, 0.1) is 0 Å². The van der Waals surface area contributed by atoms with Crippen LogP contribution in [0.5, 0.6) is 17.2 Å². The minimum Gasteiger partial charge on any atom is -0.504 e. The summed E-state index contributed by atoms with van der Waals surface area (Å²) in [4.78, 5) is 26.9.